The van der Waals surface area contributed by atoms with Crippen molar-refractivity contribution in [2.75, 3.05) is 5.75 Å². The lowest BCUT2D eigenvalue weighted by atomic mass is 9.70. The first kappa shape index (κ1) is 18.7. The predicted octanol–water partition coefficient (Wildman–Crippen LogP) is 3.59. The minimum Gasteiger partial charge on any atom is -0.353 e. The molecule has 0 bridgehead atoms. The fourth-order valence-corrected chi connectivity index (χ4v) is 6.35. The third-order valence-corrected chi connectivity index (χ3v) is 7.97. The van der Waals surface area contributed by atoms with Crippen LogP contribution < -0.4 is 10.6 Å². The Bertz CT molecular complexity index is 804. The molecule has 2 amide bonds. The van der Waals surface area contributed by atoms with Crippen LogP contribution in [0.25, 0.3) is 10.2 Å². The molecule has 144 valence electrons. The summed E-state index contributed by atoms with van der Waals surface area (Å²) in [5.74, 6) is 1.67. The molecule has 2 heterocycles. The van der Waals surface area contributed by atoms with Gasteiger partial charge in [0.15, 0.2) is 4.34 Å². The van der Waals surface area contributed by atoms with E-state index in [4.69, 9.17) is 0 Å². The Morgan fingerprint density at radius 1 is 1.37 bits per heavy atom. The maximum atomic E-state index is 12.4. The highest BCUT2D eigenvalue weighted by molar-refractivity contribution is 8.01. The van der Waals surface area contributed by atoms with Crippen LogP contribution in [-0.4, -0.2) is 34.6 Å². The number of aromatic nitrogens is 1. The number of carbonyl (C=O) groups excluding carboxylic acids is 2. The van der Waals surface area contributed by atoms with E-state index in [1.165, 1.54) is 11.8 Å². The van der Waals surface area contributed by atoms with Gasteiger partial charge in [-0.25, -0.2) is 4.98 Å². The molecule has 1 aliphatic heterocycles. The van der Waals surface area contributed by atoms with Crippen molar-refractivity contribution in [3.63, 3.8) is 0 Å². The summed E-state index contributed by atoms with van der Waals surface area (Å²) in [4.78, 5) is 28.9. The fourth-order valence-electron chi connectivity index (χ4n) is 4.47. The predicted molar refractivity (Wildman–Crippen MR) is 110 cm³/mol. The number of thiazole rings is 1. The summed E-state index contributed by atoms with van der Waals surface area (Å²) in [6.45, 7) is 2.17. The zero-order valence-corrected chi connectivity index (χ0v) is 17.1. The zero-order valence-electron chi connectivity index (χ0n) is 15.4. The van der Waals surface area contributed by atoms with Crippen molar-refractivity contribution in [3.05, 3.63) is 24.3 Å². The van der Waals surface area contributed by atoms with Crippen molar-refractivity contribution >= 4 is 45.1 Å². The number of rotatable bonds is 5. The maximum absolute atomic E-state index is 12.4. The van der Waals surface area contributed by atoms with Gasteiger partial charge in [-0.05, 0) is 43.2 Å². The van der Waals surface area contributed by atoms with Gasteiger partial charge in [0.2, 0.25) is 11.8 Å². The molecule has 4 rings (SSSR count). The number of amides is 2. The van der Waals surface area contributed by atoms with Crippen LogP contribution in [0.3, 0.4) is 0 Å². The Morgan fingerprint density at radius 2 is 2.22 bits per heavy atom. The Balaban J connectivity index is 1.29. The number of hydrogen-bond donors (Lipinski definition) is 2. The largest absolute Gasteiger partial charge is 0.353 e. The van der Waals surface area contributed by atoms with Gasteiger partial charge in [0, 0.05) is 18.5 Å². The van der Waals surface area contributed by atoms with Crippen LogP contribution in [0.5, 0.6) is 0 Å². The number of hydrogen-bond acceptors (Lipinski definition) is 5. The third kappa shape index (κ3) is 4.29. The molecule has 1 aromatic carbocycles. The Kier molecular flexibility index (Phi) is 5.68. The lowest BCUT2D eigenvalue weighted by molar-refractivity contribution is -0.127. The van der Waals surface area contributed by atoms with Gasteiger partial charge in [0.05, 0.1) is 16.0 Å². The van der Waals surface area contributed by atoms with Crippen molar-refractivity contribution in [3.8, 4) is 0 Å². The van der Waals surface area contributed by atoms with E-state index < -0.39 is 0 Å². The molecule has 1 aromatic heterocycles. The molecule has 1 aliphatic carbocycles. The summed E-state index contributed by atoms with van der Waals surface area (Å²) in [5, 5.41) is 6.32. The smallest absolute Gasteiger partial charge is 0.230 e. The van der Waals surface area contributed by atoms with Gasteiger partial charge >= 0.3 is 0 Å². The van der Waals surface area contributed by atoms with Crippen LogP contribution in [0.15, 0.2) is 28.6 Å². The number of benzene rings is 1. The van der Waals surface area contributed by atoms with Crippen LogP contribution in [0.2, 0.25) is 0 Å². The first-order valence-electron chi connectivity index (χ1n) is 9.69. The molecule has 2 fully saturated rings. The fraction of sp³-hybridized carbons (Fsp3) is 0.550. The molecular weight excluding hydrogens is 378 g/mol. The summed E-state index contributed by atoms with van der Waals surface area (Å²) in [6.07, 6.45) is 4.66. The van der Waals surface area contributed by atoms with Gasteiger partial charge in [-0.1, -0.05) is 37.2 Å². The van der Waals surface area contributed by atoms with Crippen LogP contribution in [0.1, 0.15) is 39.0 Å². The number of thioether (sulfide) groups is 1. The highest BCUT2D eigenvalue weighted by atomic mass is 32.2. The lowest BCUT2D eigenvalue weighted by Crippen LogP contribution is -2.55. The van der Waals surface area contributed by atoms with Crippen LogP contribution in [0.4, 0.5) is 0 Å². The third-order valence-electron chi connectivity index (χ3n) is 5.79. The molecule has 1 saturated heterocycles. The molecule has 27 heavy (non-hydrogen) atoms. The SMILES string of the molecule is CCC1CC(=O)NC2CC(NC(=O)CSc3nc4ccccc4s3)CCC12. The van der Waals surface area contributed by atoms with Gasteiger partial charge in [-0.15, -0.1) is 11.3 Å². The van der Waals surface area contributed by atoms with E-state index in [2.05, 4.69) is 28.6 Å². The van der Waals surface area contributed by atoms with E-state index in [9.17, 15) is 9.59 Å². The molecule has 2 aliphatic rings. The molecule has 1 saturated carbocycles. The summed E-state index contributed by atoms with van der Waals surface area (Å²) in [6, 6.07) is 8.41. The van der Waals surface area contributed by atoms with Crippen molar-refractivity contribution in [2.45, 2.75) is 55.5 Å². The summed E-state index contributed by atoms with van der Waals surface area (Å²) in [5.41, 5.74) is 0.988. The van der Waals surface area contributed by atoms with Crippen molar-refractivity contribution in [1.82, 2.24) is 15.6 Å². The second kappa shape index (κ2) is 8.19. The summed E-state index contributed by atoms with van der Waals surface area (Å²) >= 11 is 3.12. The topological polar surface area (TPSA) is 71.1 Å². The number of carbonyl (C=O) groups is 2. The minimum absolute atomic E-state index is 0.0527. The lowest BCUT2D eigenvalue weighted by Gasteiger charge is -2.44. The first-order valence-corrected chi connectivity index (χ1v) is 11.5. The number of nitrogens with one attached hydrogen (secondary N) is 2. The first-order chi connectivity index (χ1) is 13.1. The van der Waals surface area contributed by atoms with E-state index in [1.807, 2.05) is 18.2 Å². The maximum Gasteiger partial charge on any atom is 0.230 e. The second-order valence-corrected chi connectivity index (χ2v) is 9.78. The van der Waals surface area contributed by atoms with Gasteiger partial charge in [0.25, 0.3) is 0 Å². The normalized spacial score (nSPS) is 27.8. The number of piperidine rings is 1. The van der Waals surface area contributed by atoms with Crippen LogP contribution in [-0.2, 0) is 9.59 Å². The van der Waals surface area contributed by atoms with Gasteiger partial charge in [0.1, 0.15) is 0 Å². The van der Waals surface area contributed by atoms with E-state index in [-0.39, 0.29) is 23.9 Å². The Labute approximate surface area is 167 Å². The van der Waals surface area contributed by atoms with Gasteiger partial charge in [-0.3, -0.25) is 9.59 Å². The van der Waals surface area contributed by atoms with Gasteiger partial charge in [-0.2, -0.15) is 0 Å². The van der Waals surface area contributed by atoms with Crippen molar-refractivity contribution < 1.29 is 9.59 Å². The molecule has 2 N–H and O–H groups in total. The highest BCUT2D eigenvalue weighted by Crippen LogP contribution is 2.37. The molecule has 0 radical (unpaired) electrons. The standard InChI is InChI=1S/C20H25N3O2S2/c1-2-12-9-18(24)22-16-10-13(7-8-14(12)16)21-19(25)11-26-20-23-15-5-3-4-6-17(15)27-20/h3-6,12-14,16H,2,7-11H2,1H3,(H,21,25)(H,22,24). The monoisotopic (exact) mass is 403 g/mol. The number of nitrogens with zero attached hydrogens (tertiary/aromatic N) is 1. The van der Waals surface area contributed by atoms with E-state index in [0.717, 1.165) is 40.2 Å². The number of para-hydroxylation sites is 1. The molecule has 7 heteroatoms. The van der Waals surface area contributed by atoms with Crippen molar-refractivity contribution in [1.29, 1.82) is 0 Å². The van der Waals surface area contributed by atoms with Crippen LogP contribution >= 0.6 is 23.1 Å². The quantitative estimate of drug-likeness (QED) is 0.749. The zero-order chi connectivity index (χ0) is 18.8. The average Bonchev–Trinajstić information content (AvgIpc) is 3.08. The van der Waals surface area contributed by atoms with Crippen molar-refractivity contribution in [2.24, 2.45) is 11.8 Å². The average molecular weight is 404 g/mol. The highest BCUT2D eigenvalue weighted by Gasteiger charge is 2.40. The molecule has 4 atom stereocenters. The summed E-state index contributed by atoms with van der Waals surface area (Å²) in [7, 11) is 0. The Morgan fingerprint density at radius 3 is 3.04 bits per heavy atom. The molecule has 4 unspecified atom stereocenters. The molecular formula is C20H25N3O2S2. The minimum atomic E-state index is 0.0527. The molecule has 5 nitrogen and oxygen atoms in total. The van der Waals surface area contributed by atoms with E-state index in [0.29, 0.717) is 24.0 Å². The Hall–Kier alpha value is -1.60. The molecule has 0 spiro atoms. The summed E-state index contributed by atoms with van der Waals surface area (Å²) < 4.78 is 2.08. The van der Waals surface area contributed by atoms with Gasteiger partial charge < -0.3 is 10.6 Å². The van der Waals surface area contributed by atoms with E-state index >= 15 is 0 Å². The second-order valence-electron chi connectivity index (χ2n) is 7.52. The number of fused-ring (bicyclic) bond motifs is 2. The van der Waals surface area contributed by atoms with E-state index in [1.54, 1.807) is 11.3 Å². The molecule has 2 aromatic rings. The van der Waals surface area contributed by atoms with Crippen LogP contribution in [0, 0.1) is 11.8 Å².